The first-order chi connectivity index (χ1) is 10.1. The molecule has 0 amide bonds. The molecule has 0 aromatic heterocycles. The van der Waals surface area contributed by atoms with Crippen molar-refractivity contribution in [2.45, 2.75) is 12.5 Å². The molecule has 21 heavy (non-hydrogen) atoms. The van der Waals surface area contributed by atoms with E-state index in [1.807, 2.05) is 13.1 Å². The van der Waals surface area contributed by atoms with Crippen molar-refractivity contribution in [3.8, 4) is 11.5 Å². The Kier molecular flexibility index (Phi) is 5.20. The summed E-state index contributed by atoms with van der Waals surface area (Å²) < 4.78 is 10.5. The van der Waals surface area contributed by atoms with E-state index in [0.29, 0.717) is 17.1 Å². The number of likely N-dealkylation sites (N-methyl/N-ethyl adjacent to an activating group) is 2. The smallest absolute Gasteiger partial charge is 0.181 e. The van der Waals surface area contributed by atoms with Gasteiger partial charge >= 0.3 is 0 Å². The van der Waals surface area contributed by atoms with Crippen LogP contribution in [-0.4, -0.2) is 69.6 Å². The molecule has 5 nitrogen and oxygen atoms in total. The second-order valence-electron chi connectivity index (χ2n) is 5.55. The standard InChI is InChI=1S/C16H24N2O3/c1-17-8-5-9-18(2)13(11-17)16(19)12-6-7-14(20-3)15(10-12)21-4/h6-7,10,13H,5,8-9,11H2,1-4H3. The van der Waals surface area contributed by atoms with Crippen molar-refractivity contribution in [2.75, 3.05) is 47.9 Å². The number of rotatable bonds is 4. The van der Waals surface area contributed by atoms with Gasteiger partial charge in [-0.2, -0.15) is 0 Å². The van der Waals surface area contributed by atoms with Crippen molar-refractivity contribution in [2.24, 2.45) is 0 Å². The number of ether oxygens (including phenoxy) is 2. The van der Waals surface area contributed by atoms with Crippen LogP contribution in [0.2, 0.25) is 0 Å². The molecule has 1 aliphatic rings. The van der Waals surface area contributed by atoms with E-state index in [1.165, 1.54) is 0 Å². The molecule has 5 heteroatoms. The van der Waals surface area contributed by atoms with Crippen molar-refractivity contribution < 1.29 is 14.3 Å². The highest BCUT2D eigenvalue weighted by molar-refractivity contribution is 6.00. The molecule has 116 valence electrons. The van der Waals surface area contributed by atoms with E-state index in [4.69, 9.17) is 9.47 Å². The average molecular weight is 292 g/mol. The number of carbonyl (C=O) groups excluding carboxylic acids is 1. The average Bonchev–Trinajstić information content (AvgIpc) is 2.67. The summed E-state index contributed by atoms with van der Waals surface area (Å²) in [6.07, 6.45) is 1.09. The molecule has 1 saturated heterocycles. The van der Waals surface area contributed by atoms with Gasteiger partial charge in [0, 0.05) is 12.1 Å². The van der Waals surface area contributed by atoms with Gasteiger partial charge in [0.1, 0.15) is 0 Å². The van der Waals surface area contributed by atoms with E-state index >= 15 is 0 Å². The van der Waals surface area contributed by atoms with Gasteiger partial charge in [0.2, 0.25) is 0 Å². The van der Waals surface area contributed by atoms with Crippen LogP contribution in [0, 0.1) is 0 Å². The number of Topliss-reactive ketones (excluding diaryl/α,β-unsaturated/α-hetero) is 1. The van der Waals surface area contributed by atoms with Crippen LogP contribution in [0.3, 0.4) is 0 Å². The summed E-state index contributed by atoms with van der Waals surface area (Å²) in [5, 5.41) is 0. The Labute approximate surface area is 126 Å². The van der Waals surface area contributed by atoms with Crippen molar-refractivity contribution in [3.63, 3.8) is 0 Å². The largest absolute Gasteiger partial charge is 0.493 e. The summed E-state index contributed by atoms with van der Waals surface area (Å²) in [4.78, 5) is 17.2. The molecule has 0 spiro atoms. The van der Waals surface area contributed by atoms with Crippen LogP contribution in [0.4, 0.5) is 0 Å². The fourth-order valence-electron chi connectivity index (χ4n) is 2.74. The number of hydrogen-bond acceptors (Lipinski definition) is 5. The molecule has 0 saturated carbocycles. The lowest BCUT2D eigenvalue weighted by atomic mass is 10.0. The quantitative estimate of drug-likeness (QED) is 0.787. The Morgan fingerprint density at radius 1 is 1.14 bits per heavy atom. The summed E-state index contributed by atoms with van der Waals surface area (Å²) in [6, 6.07) is 5.24. The van der Waals surface area contributed by atoms with E-state index in [0.717, 1.165) is 26.1 Å². The highest BCUT2D eigenvalue weighted by Crippen LogP contribution is 2.28. The Bertz CT molecular complexity index is 504. The van der Waals surface area contributed by atoms with Crippen molar-refractivity contribution in [3.05, 3.63) is 23.8 Å². The normalized spacial score (nSPS) is 20.9. The summed E-state index contributed by atoms with van der Waals surface area (Å²) in [5.74, 6) is 1.36. The minimum atomic E-state index is -0.115. The Hall–Kier alpha value is -1.59. The van der Waals surface area contributed by atoms with Crippen LogP contribution in [0.1, 0.15) is 16.8 Å². The third kappa shape index (κ3) is 3.54. The molecule has 1 heterocycles. The molecule has 1 unspecified atom stereocenters. The molecule has 0 bridgehead atoms. The van der Waals surface area contributed by atoms with Crippen LogP contribution < -0.4 is 9.47 Å². The first-order valence-corrected chi connectivity index (χ1v) is 7.22. The minimum Gasteiger partial charge on any atom is -0.493 e. The Morgan fingerprint density at radius 2 is 1.86 bits per heavy atom. The first-order valence-electron chi connectivity index (χ1n) is 7.22. The number of methoxy groups -OCH3 is 2. The monoisotopic (exact) mass is 292 g/mol. The van der Waals surface area contributed by atoms with Gasteiger partial charge in [-0.25, -0.2) is 0 Å². The number of hydrogen-bond donors (Lipinski definition) is 0. The van der Waals surface area contributed by atoms with Crippen molar-refractivity contribution >= 4 is 5.78 Å². The van der Waals surface area contributed by atoms with E-state index in [-0.39, 0.29) is 11.8 Å². The summed E-state index contributed by atoms with van der Waals surface area (Å²) >= 11 is 0. The predicted molar refractivity (Wildman–Crippen MR) is 82.4 cm³/mol. The SMILES string of the molecule is COc1ccc(C(=O)C2CN(C)CCCN2C)cc1OC. The predicted octanol–water partition coefficient (Wildman–Crippen LogP) is 1.52. The summed E-state index contributed by atoms with van der Waals surface area (Å²) in [5.41, 5.74) is 0.666. The highest BCUT2D eigenvalue weighted by atomic mass is 16.5. The lowest BCUT2D eigenvalue weighted by Gasteiger charge is -2.26. The number of carbonyl (C=O) groups is 1. The number of ketones is 1. The van der Waals surface area contributed by atoms with Crippen LogP contribution in [0.25, 0.3) is 0 Å². The molecule has 0 aliphatic carbocycles. The van der Waals surface area contributed by atoms with Crippen LogP contribution in [0.5, 0.6) is 11.5 Å². The van der Waals surface area contributed by atoms with E-state index in [2.05, 4.69) is 16.8 Å². The molecular formula is C16H24N2O3. The minimum absolute atomic E-state index is 0.115. The Balaban J connectivity index is 2.25. The number of nitrogens with zero attached hydrogens (tertiary/aromatic N) is 2. The van der Waals surface area contributed by atoms with Gasteiger partial charge in [0.15, 0.2) is 17.3 Å². The number of benzene rings is 1. The van der Waals surface area contributed by atoms with E-state index in [9.17, 15) is 4.79 Å². The maximum Gasteiger partial charge on any atom is 0.181 e. The zero-order valence-corrected chi connectivity index (χ0v) is 13.3. The molecular weight excluding hydrogens is 268 g/mol. The molecule has 2 rings (SSSR count). The van der Waals surface area contributed by atoms with Gasteiger partial charge in [-0.1, -0.05) is 0 Å². The molecule has 1 fully saturated rings. The molecule has 0 radical (unpaired) electrons. The van der Waals surface area contributed by atoms with E-state index < -0.39 is 0 Å². The van der Waals surface area contributed by atoms with E-state index in [1.54, 1.807) is 26.4 Å². The molecule has 1 aliphatic heterocycles. The summed E-state index contributed by atoms with van der Waals surface area (Å²) in [6.45, 7) is 2.72. The van der Waals surface area contributed by atoms with Crippen LogP contribution in [0.15, 0.2) is 18.2 Å². The third-order valence-corrected chi connectivity index (χ3v) is 4.04. The van der Waals surface area contributed by atoms with Crippen molar-refractivity contribution in [1.82, 2.24) is 9.80 Å². The van der Waals surface area contributed by atoms with Gasteiger partial charge in [0.05, 0.1) is 20.3 Å². The first kappa shape index (κ1) is 15.8. The van der Waals surface area contributed by atoms with Gasteiger partial charge in [-0.3, -0.25) is 9.69 Å². The van der Waals surface area contributed by atoms with Crippen LogP contribution in [-0.2, 0) is 0 Å². The second-order valence-corrected chi connectivity index (χ2v) is 5.55. The van der Waals surface area contributed by atoms with Crippen molar-refractivity contribution in [1.29, 1.82) is 0 Å². The van der Waals surface area contributed by atoms with Crippen LogP contribution >= 0.6 is 0 Å². The lowest BCUT2D eigenvalue weighted by molar-refractivity contribution is 0.0839. The summed E-state index contributed by atoms with van der Waals surface area (Å²) in [7, 11) is 7.25. The molecule has 1 aromatic carbocycles. The highest BCUT2D eigenvalue weighted by Gasteiger charge is 2.28. The Morgan fingerprint density at radius 3 is 2.52 bits per heavy atom. The third-order valence-electron chi connectivity index (χ3n) is 4.04. The maximum absolute atomic E-state index is 12.8. The maximum atomic E-state index is 12.8. The zero-order chi connectivity index (χ0) is 15.4. The fraction of sp³-hybridized carbons (Fsp3) is 0.562. The van der Waals surface area contributed by atoms with Gasteiger partial charge in [-0.05, 0) is 51.8 Å². The second kappa shape index (κ2) is 6.91. The fourth-order valence-corrected chi connectivity index (χ4v) is 2.74. The molecule has 0 N–H and O–H groups in total. The molecule has 1 aromatic rings. The van der Waals surface area contributed by atoms with Gasteiger partial charge in [0.25, 0.3) is 0 Å². The molecule has 1 atom stereocenters. The topological polar surface area (TPSA) is 42.0 Å². The van der Waals surface area contributed by atoms with Gasteiger partial charge < -0.3 is 14.4 Å². The lowest BCUT2D eigenvalue weighted by Crippen LogP contribution is -2.43. The zero-order valence-electron chi connectivity index (χ0n) is 13.3. The van der Waals surface area contributed by atoms with Gasteiger partial charge in [-0.15, -0.1) is 0 Å².